The van der Waals surface area contributed by atoms with Crippen molar-refractivity contribution in [2.75, 3.05) is 4.90 Å². The quantitative estimate of drug-likeness (QED) is 0.460. The fourth-order valence-electron chi connectivity index (χ4n) is 1.42. The fraction of sp³-hybridized carbons (Fsp3) is 0.364. The first-order valence-electron chi connectivity index (χ1n) is 4.68. The molecule has 0 N–H and O–H groups in total. The summed E-state index contributed by atoms with van der Waals surface area (Å²) in [6.45, 7) is 3.71. The van der Waals surface area contributed by atoms with Crippen molar-refractivity contribution in [1.29, 1.82) is 0 Å². The second-order valence-electron chi connectivity index (χ2n) is 3.26. The first kappa shape index (κ1) is 12.3. The third-order valence-corrected chi connectivity index (χ3v) is 2.51. The van der Waals surface area contributed by atoms with Crippen LogP contribution in [0.25, 0.3) is 0 Å². The molecule has 0 fully saturated rings. The van der Waals surface area contributed by atoms with Crippen LogP contribution in [0.1, 0.15) is 24.2 Å². The fourth-order valence-corrected chi connectivity index (χ4v) is 2.04. The van der Waals surface area contributed by atoms with E-state index in [0.29, 0.717) is 5.56 Å². The number of hydrogen-bond acceptors (Lipinski definition) is 2. The average molecular weight is 246 g/mol. The smallest absolute Gasteiger partial charge is 0.150 e. The molecule has 15 heavy (non-hydrogen) atoms. The monoisotopic (exact) mass is 245 g/mol. The van der Waals surface area contributed by atoms with Gasteiger partial charge < -0.3 is 4.90 Å². The van der Waals surface area contributed by atoms with E-state index in [1.807, 2.05) is 30.9 Å². The zero-order valence-electron chi connectivity index (χ0n) is 8.65. The molecule has 0 aliphatic carbocycles. The van der Waals surface area contributed by atoms with E-state index < -0.39 is 0 Å². The zero-order chi connectivity index (χ0) is 11.4. The number of nitrogens with zero attached hydrogens (tertiary/aromatic N) is 1. The van der Waals surface area contributed by atoms with Crippen molar-refractivity contribution in [3.05, 3.63) is 29.8 Å². The maximum absolute atomic E-state index is 10.5. The van der Waals surface area contributed by atoms with Gasteiger partial charge in [0.25, 0.3) is 0 Å². The Labute approximate surface area is 99.8 Å². The number of rotatable bonds is 4. The molecule has 0 bridgehead atoms. The average Bonchev–Trinajstić information content (AvgIpc) is 2.18. The molecule has 0 saturated carbocycles. The standard InChI is InChI=1S/C11H13Cl2NO/c1-8(12)14(9(2)13)11-5-3-10(7-15)4-6-11/h3-9H,1-2H3. The molecular weight excluding hydrogens is 233 g/mol. The predicted octanol–water partition coefficient (Wildman–Crippen LogP) is 3.48. The van der Waals surface area contributed by atoms with E-state index >= 15 is 0 Å². The van der Waals surface area contributed by atoms with Crippen LogP contribution in [0.2, 0.25) is 0 Å². The summed E-state index contributed by atoms with van der Waals surface area (Å²) in [6, 6.07) is 7.16. The minimum Gasteiger partial charge on any atom is -0.339 e. The molecule has 2 nitrogen and oxygen atoms in total. The van der Waals surface area contributed by atoms with Gasteiger partial charge in [-0.25, -0.2) is 0 Å². The minimum absolute atomic E-state index is 0.195. The summed E-state index contributed by atoms with van der Waals surface area (Å²) in [7, 11) is 0. The van der Waals surface area contributed by atoms with E-state index in [4.69, 9.17) is 23.2 Å². The van der Waals surface area contributed by atoms with Gasteiger partial charge in [-0.05, 0) is 38.1 Å². The number of carbonyl (C=O) groups is 1. The lowest BCUT2D eigenvalue weighted by Gasteiger charge is -2.29. The molecule has 0 spiro atoms. The molecule has 0 aliphatic rings. The largest absolute Gasteiger partial charge is 0.339 e. The molecule has 0 amide bonds. The van der Waals surface area contributed by atoms with E-state index in [9.17, 15) is 4.79 Å². The highest BCUT2D eigenvalue weighted by molar-refractivity contribution is 6.25. The van der Waals surface area contributed by atoms with E-state index in [-0.39, 0.29) is 11.0 Å². The van der Waals surface area contributed by atoms with Crippen molar-refractivity contribution in [3.63, 3.8) is 0 Å². The summed E-state index contributed by atoms with van der Waals surface area (Å²) < 4.78 is 0. The topological polar surface area (TPSA) is 20.3 Å². The van der Waals surface area contributed by atoms with Crippen LogP contribution >= 0.6 is 23.2 Å². The summed E-state index contributed by atoms with van der Waals surface area (Å²) in [4.78, 5) is 12.3. The number of aldehydes is 1. The lowest BCUT2D eigenvalue weighted by molar-refractivity contribution is 0.112. The molecule has 0 aromatic heterocycles. The molecule has 1 rings (SSSR count). The maximum atomic E-state index is 10.5. The lowest BCUT2D eigenvalue weighted by atomic mass is 10.2. The Morgan fingerprint density at radius 2 is 1.60 bits per heavy atom. The van der Waals surface area contributed by atoms with Crippen molar-refractivity contribution in [3.8, 4) is 0 Å². The Balaban J connectivity index is 2.96. The van der Waals surface area contributed by atoms with Crippen LogP contribution in [0.3, 0.4) is 0 Å². The third-order valence-electron chi connectivity index (χ3n) is 2.09. The van der Waals surface area contributed by atoms with Crippen molar-refractivity contribution in [1.82, 2.24) is 0 Å². The number of anilines is 1. The Bertz CT molecular complexity index is 314. The van der Waals surface area contributed by atoms with Crippen molar-refractivity contribution < 1.29 is 4.79 Å². The van der Waals surface area contributed by atoms with Gasteiger partial charge in [0, 0.05) is 11.3 Å². The molecule has 0 aliphatic heterocycles. The number of halogens is 2. The van der Waals surface area contributed by atoms with Gasteiger partial charge in [0.2, 0.25) is 0 Å². The SMILES string of the molecule is CC(Cl)N(c1ccc(C=O)cc1)C(C)Cl. The predicted molar refractivity (Wildman–Crippen MR) is 64.9 cm³/mol. The van der Waals surface area contributed by atoms with E-state index in [1.165, 1.54) is 0 Å². The summed E-state index contributed by atoms with van der Waals surface area (Å²) in [5.74, 6) is 0. The van der Waals surface area contributed by atoms with Crippen LogP contribution in [-0.2, 0) is 0 Å². The van der Waals surface area contributed by atoms with E-state index in [0.717, 1.165) is 12.0 Å². The van der Waals surface area contributed by atoms with Crippen LogP contribution in [0, 0.1) is 0 Å². The van der Waals surface area contributed by atoms with Gasteiger partial charge in [0.15, 0.2) is 0 Å². The second-order valence-corrected chi connectivity index (χ2v) is 4.53. The molecule has 1 aromatic carbocycles. The summed E-state index contributed by atoms with van der Waals surface area (Å²) in [6.07, 6.45) is 0.808. The van der Waals surface area contributed by atoms with E-state index in [1.54, 1.807) is 12.1 Å². The van der Waals surface area contributed by atoms with Gasteiger partial charge in [0.1, 0.15) is 17.3 Å². The molecule has 4 heteroatoms. The first-order valence-corrected chi connectivity index (χ1v) is 5.55. The first-order chi connectivity index (χ1) is 7.06. The lowest BCUT2D eigenvalue weighted by Crippen LogP contribution is -2.34. The third kappa shape index (κ3) is 3.11. The van der Waals surface area contributed by atoms with Crippen molar-refractivity contribution >= 4 is 35.2 Å². The number of benzene rings is 1. The Hall–Kier alpha value is -0.730. The van der Waals surface area contributed by atoms with Gasteiger partial charge in [0.05, 0.1) is 0 Å². The normalized spacial score (nSPS) is 14.4. The highest BCUT2D eigenvalue weighted by atomic mass is 35.5. The van der Waals surface area contributed by atoms with Gasteiger partial charge >= 0.3 is 0 Å². The second kappa shape index (κ2) is 5.38. The number of alkyl halides is 2. The van der Waals surface area contributed by atoms with Crippen LogP contribution in [0.4, 0.5) is 5.69 Å². The summed E-state index contributed by atoms with van der Waals surface area (Å²) >= 11 is 12.0. The Kier molecular flexibility index (Phi) is 4.43. The molecule has 0 saturated heterocycles. The molecule has 2 atom stereocenters. The molecule has 0 radical (unpaired) electrons. The molecule has 2 unspecified atom stereocenters. The summed E-state index contributed by atoms with van der Waals surface area (Å²) in [5, 5.41) is 0. The van der Waals surface area contributed by atoms with Crippen LogP contribution in [-0.4, -0.2) is 17.3 Å². The van der Waals surface area contributed by atoms with Gasteiger partial charge in [-0.2, -0.15) is 0 Å². The Morgan fingerprint density at radius 1 is 1.13 bits per heavy atom. The van der Waals surface area contributed by atoms with E-state index in [2.05, 4.69) is 0 Å². The highest BCUT2D eigenvalue weighted by Crippen LogP contribution is 2.23. The van der Waals surface area contributed by atoms with Crippen LogP contribution < -0.4 is 4.90 Å². The maximum Gasteiger partial charge on any atom is 0.150 e. The van der Waals surface area contributed by atoms with Crippen LogP contribution in [0.15, 0.2) is 24.3 Å². The van der Waals surface area contributed by atoms with Gasteiger partial charge in [-0.3, -0.25) is 4.79 Å². The highest BCUT2D eigenvalue weighted by Gasteiger charge is 2.16. The molecular formula is C11H13Cl2NO. The Morgan fingerprint density at radius 3 is 1.93 bits per heavy atom. The number of hydrogen-bond donors (Lipinski definition) is 0. The summed E-state index contributed by atoms with van der Waals surface area (Å²) in [5.41, 5.74) is 1.16. The molecule has 0 heterocycles. The molecule has 1 aromatic rings. The number of carbonyl (C=O) groups excluding carboxylic acids is 1. The van der Waals surface area contributed by atoms with Gasteiger partial charge in [-0.15, -0.1) is 0 Å². The molecule has 82 valence electrons. The zero-order valence-corrected chi connectivity index (χ0v) is 10.2. The van der Waals surface area contributed by atoms with Gasteiger partial charge in [-0.1, -0.05) is 23.2 Å². The van der Waals surface area contributed by atoms with Crippen LogP contribution in [0.5, 0.6) is 0 Å². The minimum atomic E-state index is -0.195. The van der Waals surface area contributed by atoms with Crippen molar-refractivity contribution in [2.24, 2.45) is 0 Å². The van der Waals surface area contributed by atoms with Crippen molar-refractivity contribution in [2.45, 2.75) is 24.8 Å².